The fourth-order valence-corrected chi connectivity index (χ4v) is 1.90. The monoisotopic (exact) mass is 355 g/mol. The molecular weight excluding hydrogens is 350 g/mol. The molecule has 0 bridgehead atoms. The van der Waals surface area contributed by atoms with E-state index in [9.17, 15) is 9.59 Å². The average Bonchev–Trinajstić information content (AvgIpc) is 2.42. The normalized spacial score (nSPS) is 10.1. The van der Waals surface area contributed by atoms with Gasteiger partial charge in [-0.2, -0.15) is 0 Å². The summed E-state index contributed by atoms with van der Waals surface area (Å²) >= 11 is 9.04. The largest absolute Gasteiger partial charge is 0.476 e. The Labute approximate surface area is 126 Å². The molecule has 2 aromatic rings. The number of benzene rings is 1. The number of aromatic carboxylic acids is 1. The fourth-order valence-electron chi connectivity index (χ4n) is 1.40. The van der Waals surface area contributed by atoms with Crippen LogP contribution >= 0.6 is 27.5 Å². The molecule has 20 heavy (non-hydrogen) atoms. The third kappa shape index (κ3) is 3.12. The van der Waals surface area contributed by atoms with Crippen LogP contribution < -0.4 is 5.32 Å². The third-order valence-corrected chi connectivity index (χ3v) is 3.53. The number of carboxylic acid groups (broad SMARTS) is 1. The van der Waals surface area contributed by atoms with Crippen LogP contribution in [0.2, 0.25) is 5.02 Å². The van der Waals surface area contributed by atoms with E-state index >= 15 is 0 Å². The van der Waals surface area contributed by atoms with E-state index in [-0.39, 0.29) is 11.5 Å². The summed E-state index contributed by atoms with van der Waals surface area (Å²) in [5.74, 6) is -1.90. The Bertz CT molecular complexity index is 693. The van der Waals surface area contributed by atoms with Crippen LogP contribution in [0.4, 0.5) is 5.82 Å². The second-order valence-corrected chi connectivity index (χ2v) is 4.90. The smallest absolute Gasteiger partial charge is 0.358 e. The van der Waals surface area contributed by atoms with Crippen LogP contribution in [-0.4, -0.2) is 27.0 Å². The molecule has 0 radical (unpaired) electrons. The van der Waals surface area contributed by atoms with Crippen molar-refractivity contribution in [2.75, 3.05) is 5.32 Å². The lowest BCUT2D eigenvalue weighted by atomic mass is 10.2. The van der Waals surface area contributed by atoms with Crippen molar-refractivity contribution < 1.29 is 14.7 Å². The number of nitrogens with zero attached hydrogens (tertiary/aromatic N) is 2. The van der Waals surface area contributed by atoms with Crippen LogP contribution in [0.5, 0.6) is 0 Å². The summed E-state index contributed by atoms with van der Waals surface area (Å²) in [6, 6.07) is 4.59. The van der Waals surface area contributed by atoms with Gasteiger partial charge in [0.1, 0.15) is 0 Å². The minimum absolute atomic E-state index is 0.115. The number of nitrogens with one attached hydrogen (secondary N) is 1. The van der Waals surface area contributed by atoms with E-state index in [1.807, 2.05) is 0 Å². The number of carbonyl (C=O) groups is 2. The zero-order valence-corrected chi connectivity index (χ0v) is 12.1. The van der Waals surface area contributed by atoms with Gasteiger partial charge in [0.25, 0.3) is 5.91 Å². The molecule has 0 saturated carbocycles. The Kier molecular flexibility index (Phi) is 4.31. The van der Waals surface area contributed by atoms with E-state index in [0.29, 0.717) is 15.1 Å². The maximum atomic E-state index is 12.0. The zero-order chi connectivity index (χ0) is 14.7. The first-order valence-electron chi connectivity index (χ1n) is 5.29. The van der Waals surface area contributed by atoms with Gasteiger partial charge in [-0.25, -0.2) is 14.8 Å². The first-order chi connectivity index (χ1) is 9.49. The number of hydrogen-bond acceptors (Lipinski definition) is 4. The van der Waals surface area contributed by atoms with E-state index in [2.05, 4.69) is 31.2 Å². The molecule has 0 aliphatic rings. The van der Waals surface area contributed by atoms with Gasteiger partial charge in [0, 0.05) is 22.4 Å². The minimum atomic E-state index is -1.27. The summed E-state index contributed by atoms with van der Waals surface area (Å²) in [5, 5.41) is 11.8. The van der Waals surface area contributed by atoms with Gasteiger partial charge in [-0.05, 0) is 34.1 Å². The maximum Gasteiger partial charge on any atom is 0.358 e. The molecule has 0 fully saturated rings. The van der Waals surface area contributed by atoms with Crippen molar-refractivity contribution in [2.45, 2.75) is 0 Å². The Balaban J connectivity index is 2.28. The molecule has 2 rings (SSSR count). The predicted octanol–water partition coefficient (Wildman–Crippen LogP) is 2.84. The highest BCUT2D eigenvalue weighted by Crippen LogP contribution is 2.23. The summed E-state index contributed by atoms with van der Waals surface area (Å²) in [6.07, 6.45) is 2.53. The summed E-state index contributed by atoms with van der Waals surface area (Å²) < 4.78 is 0.560. The number of carboxylic acids is 1. The number of carbonyl (C=O) groups excluding carboxylic acids is 1. The van der Waals surface area contributed by atoms with Crippen molar-refractivity contribution in [3.05, 3.63) is 51.3 Å². The topological polar surface area (TPSA) is 92.2 Å². The van der Waals surface area contributed by atoms with Gasteiger partial charge in [-0.3, -0.25) is 4.79 Å². The highest BCUT2D eigenvalue weighted by atomic mass is 79.9. The van der Waals surface area contributed by atoms with Crippen molar-refractivity contribution in [3.63, 3.8) is 0 Å². The Morgan fingerprint density at radius 1 is 1.25 bits per heavy atom. The summed E-state index contributed by atoms with van der Waals surface area (Å²) in [6.45, 7) is 0. The van der Waals surface area contributed by atoms with E-state index in [4.69, 9.17) is 16.7 Å². The number of anilines is 1. The lowest BCUT2D eigenvalue weighted by Crippen LogP contribution is -2.17. The highest BCUT2D eigenvalue weighted by molar-refractivity contribution is 9.10. The molecule has 1 amide bonds. The van der Waals surface area contributed by atoms with E-state index in [1.54, 1.807) is 6.07 Å². The van der Waals surface area contributed by atoms with Crippen molar-refractivity contribution in [2.24, 2.45) is 0 Å². The van der Waals surface area contributed by atoms with Crippen LogP contribution in [0.15, 0.2) is 35.1 Å². The third-order valence-electron chi connectivity index (χ3n) is 2.31. The minimum Gasteiger partial charge on any atom is -0.476 e. The SMILES string of the molecule is O=C(Nc1nccnc1C(=O)O)c1ccc(Cl)c(Br)c1. The Morgan fingerprint density at radius 2 is 1.95 bits per heavy atom. The number of rotatable bonds is 3. The maximum absolute atomic E-state index is 12.0. The van der Waals surface area contributed by atoms with Crippen molar-refractivity contribution >= 4 is 45.2 Å². The molecule has 1 aromatic heterocycles. The van der Waals surface area contributed by atoms with E-state index in [0.717, 1.165) is 0 Å². The Hall–Kier alpha value is -1.99. The molecule has 0 atom stereocenters. The number of hydrogen-bond donors (Lipinski definition) is 2. The van der Waals surface area contributed by atoms with Gasteiger partial charge in [0.05, 0.1) is 5.02 Å². The van der Waals surface area contributed by atoms with Gasteiger partial charge in [-0.1, -0.05) is 11.6 Å². The molecule has 102 valence electrons. The predicted molar refractivity (Wildman–Crippen MR) is 76.1 cm³/mol. The lowest BCUT2D eigenvalue weighted by Gasteiger charge is -2.07. The molecule has 2 N–H and O–H groups in total. The van der Waals surface area contributed by atoms with Gasteiger partial charge in [0.2, 0.25) is 0 Å². The molecule has 0 aliphatic carbocycles. The Morgan fingerprint density at radius 3 is 2.60 bits per heavy atom. The van der Waals surface area contributed by atoms with Gasteiger partial charge in [-0.15, -0.1) is 0 Å². The number of aromatic nitrogens is 2. The standard InChI is InChI=1S/C12H7BrClN3O3/c13-7-5-6(1-2-8(7)14)11(18)17-10-9(12(19)20)15-3-4-16-10/h1-5H,(H,19,20)(H,16,17,18). The molecule has 1 heterocycles. The lowest BCUT2D eigenvalue weighted by molar-refractivity contribution is 0.0691. The highest BCUT2D eigenvalue weighted by Gasteiger charge is 2.16. The molecule has 0 spiro atoms. The van der Waals surface area contributed by atoms with Crippen molar-refractivity contribution in [1.82, 2.24) is 9.97 Å². The summed E-state index contributed by atoms with van der Waals surface area (Å²) in [5.41, 5.74) is -0.0165. The summed E-state index contributed by atoms with van der Waals surface area (Å²) in [4.78, 5) is 30.4. The van der Waals surface area contributed by atoms with Crippen LogP contribution in [0.3, 0.4) is 0 Å². The first kappa shape index (κ1) is 14.4. The molecule has 6 nitrogen and oxygen atoms in total. The first-order valence-corrected chi connectivity index (χ1v) is 6.47. The average molecular weight is 357 g/mol. The summed E-state index contributed by atoms with van der Waals surface area (Å²) in [7, 11) is 0. The van der Waals surface area contributed by atoms with Crippen molar-refractivity contribution in [3.8, 4) is 0 Å². The van der Waals surface area contributed by atoms with E-state index in [1.165, 1.54) is 24.5 Å². The van der Waals surface area contributed by atoms with Crippen LogP contribution in [0.1, 0.15) is 20.8 Å². The second-order valence-electron chi connectivity index (χ2n) is 3.64. The quantitative estimate of drug-likeness (QED) is 0.882. The second kappa shape index (κ2) is 5.98. The van der Waals surface area contributed by atoms with Gasteiger partial charge in [0.15, 0.2) is 11.5 Å². The molecule has 1 aromatic carbocycles. The molecule has 0 unspecified atom stereocenters. The van der Waals surface area contributed by atoms with Crippen LogP contribution in [-0.2, 0) is 0 Å². The fraction of sp³-hybridized carbons (Fsp3) is 0. The molecular formula is C12H7BrClN3O3. The molecule has 0 saturated heterocycles. The van der Waals surface area contributed by atoms with Crippen LogP contribution in [0.25, 0.3) is 0 Å². The molecule has 8 heteroatoms. The number of halogens is 2. The van der Waals surface area contributed by atoms with E-state index < -0.39 is 11.9 Å². The molecule has 0 aliphatic heterocycles. The van der Waals surface area contributed by atoms with Gasteiger partial charge >= 0.3 is 5.97 Å². The van der Waals surface area contributed by atoms with Crippen molar-refractivity contribution in [1.29, 1.82) is 0 Å². The number of amides is 1. The van der Waals surface area contributed by atoms with Gasteiger partial charge < -0.3 is 10.4 Å². The van der Waals surface area contributed by atoms with Crippen LogP contribution in [0, 0.1) is 0 Å². The zero-order valence-electron chi connectivity index (χ0n) is 9.80.